The quantitative estimate of drug-likeness (QED) is 0.788. The standard InChI is InChI=1S/C15H17F3N6O3S/c1-28(26,27)24-5-2-10(3-6-24)20-13(25)11-8-12(15(16,17)18)22-14(21-11)23-7-4-19-9-23/h4,7-10H,2-3,5-6H2,1H3,(H,20,25). The summed E-state index contributed by atoms with van der Waals surface area (Å²) in [5.41, 5.74) is -1.68. The fraction of sp³-hybridized carbons (Fsp3) is 0.467. The predicted octanol–water partition coefficient (Wildman–Crippen LogP) is 0.835. The summed E-state index contributed by atoms with van der Waals surface area (Å²) < 4.78 is 65.0. The Kier molecular flexibility index (Phi) is 5.39. The van der Waals surface area contributed by atoms with Gasteiger partial charge in [0.1, 0.15) is 12.0 Å². The van der Waals surface area contributed by atoms with E-state index < -0.39 is 33.5 Å². The van der Waals surface area contributed by atoms with Gasteiger partial charge in [0.15, 0.2) is 5.69 Å². The van der Waals surface area contributed by atoms with Crippen LogP contribution in [0.1, 0.15) is 29.0 Å². The Morgan fingerprint density at radius 2 is 1.93 bits per heavy atom. The molecule has 1 saturated heterocycles. The number of alkyl halides is 3. The Labute approximate surface area is 158 Å². The zero-order valence-electron chi connectivity index (χ0n) is 14.7. The van der Waals surface area contributed by atoms with Crippen LogP contribution < -0.4 is 5.32 Å². The smallest absolute Gasteiger partial charge is 0.348 e. The highest BCUT2D eigenvalue weighted by Gasteiger charge is 2.35. The molecule has 9 nitrogen and oxygen atoms in total. The normalized spacial score (nSPS) is 16.9. The Hall–Kier alpha value is -2.54. The van der Waals surface area contributed by atoms with Crippen molar-refractivity contribution in [2.24, 2.45) is 0 Å². The first kappa shape index (κ1) is 20.2. The van der Waals surface area contributed by atoms with Crippen LogP contribution in [0, 0.1) is 0 Å². The topological polar surface area (TPSA) is 110 Å². The second-order valence-electron chi connectivity index (χ2n) is 6.32. The van der Waals surface area contributed by atoms with Crippen LogP contribution in [0.2, 0.25) is 0 Å². The van der Waals surface area contributed by atoms with E-state index in [2.05, 4.69) is 20.3 Å². The number of carbonyl (C=O) groups is 1. The van der Waals surface area contributed by atoms with Gasteiger partial charge in [-0.15, -0.1) is 0 Å². The first-order valence-corrected chi connectivity index (χ1v) is 10.1. The molecule has 0 bridgehead atoms. The van der Waals surface area contributed by atoms with Crippen LogP contribution in [0.25, 0.3) is 5.95 Å². The average Bonchev–Trinajstić information content (AvgIpc) is 3.15. The molecule has 2 aromatic rings. The van der Waals surface area contributed by atoms with Crippen molar-refractivity contribution in [1.82, 2.24) is 29.1 Å². The van der Waals surface area contributed by atoms with Gasteiger partial charge in [-0.2, -0.15) is 13.2 Å². The molecule has 0 spiro atoms. The number of hydrogen-bond acceptors (Lipinski definition) is 6. The fourth-order valence-corrected chi connectivity index (χ4v) is 3.65. The van der Waals surface area contributed by atoms with Gasteiger partial charge in [-0.05, 0) is 12.8 Å². The van der Waals surface area contributed by atoms with Gasteiger partial charge in [-0.1, -0.05) is 0 Å². The van der Waals surface area contributed by atoms with Crippen LogP contribution in [0.5, 0.6) is 0 Å². The minimum absolute atomic E-state index is 0.224. The van der Waals surface area contributed by atoms with Crippen molar-refractivity contribution in [3.05, 3.63) is 36.2 Å². The van der Waals surface area contributed by atoms with Crippen LogP contribution in [-0.2, 0) is 16.2 Å². The van der Waals surface area contributed by atoms with Gasteiger partial charge in [0.05, 0.1) is 6.26 Å². The second kappa shape index (κ2) is 7.47. The number of imidazole rings is 1. The third-order valence-electron chi connectivity index (χ3n) is 4.23. The molecule has 13 heteroatoms. The lowest BCUT2D eigenvalue weighted by Crippen LogP contribution is -2.46. The third kappa shape index (κ3) is 4.65. The van der Waals surface area contributed by atoms with Gasteiger partial charge in [0.25, 0.3) is 5.91 Å². The summed E-state index contributed by atoms with van der Waals surface area (Å²) in [6, 6.07) is 0.216. The van der Waals surface area contributed by atoms with Crippen LogP contribution in [0.15, 0.2) is 24.8 Å². The molecule has 2 aromatic heterocycles. The Morgan fingerprint density at radius 3 is 2.46 bits per heavy atom. The first-order valence-electron chi connectivity index (χ1n) is 8.24. The van der Waals surface area contributed by atoms with Crippen LogP contribution in [0.4, 0.5) is 13.2 Å². The minimum atomic E-state index is -4.76. The van der Waals surface area contributed by atoms with E-state index in [4.69, 9.17) is 0 Å². The Balaban J connectivity index is 1.79. The molecule has 0 atom stereocenters. The molecule has 0 unspecified atom stereocenters. The predicted molar refractivity (Wildman–Crippen MR) is 91.1 cm³/mol. The lowest BCUT2D eigenvalue weighted by Gasteiger charge is -2.30. The van der Waals surface area contributed by atoms with Gasteiger partial charge in [0.2, 0.25) is 16.0 Å². The summed E-state index contributed by atoms with van der Waals surface area (Å²) >= 11 is 0. The summed E-state index contributed by atoms with van der Waals surface area (Å²) in [6.45, 7) is 0.448. The molecule has 3 heterocycles. The molecule has 0 aromatic carbocycles. The van der Waals surface area contributed by atoms with Crippen molar-refractivity contribution >= 4 is 15.9 Å². The number of sulfonamides is 1. The van der Waals surface area contributed by atoms with E-state index in [1.807, 2.05) is 0 Å². The number of halogens is 3. The van der Waals surface area contributed by atoms with Crippen LogP contribution >= 0.6 is 0 Å². The SMILES string of the molecule is CS(=O)(=O)N1CCC(NC(=O)c2cc(C(F)(F)F)nc(-n3ccnc3)n2)CC1. The maximum Gasteiger partial charge on any atom is 0.433 e. The van der Waals surface area contributed by atoms with Gasteiger partial charge < -0.3 is 5.32 Å². The molecule has 1 aliphatic heterocycles. The molecule has 1 N–H and O–H groups in total. The van der Waals surface area contributed by atoms with Crippen molar-refractivity contribution in [3.8, 4) is 5.95 Å². The van der Waals surface area contributed by atoms with E-state index in [9.17, 15) is 26.4 Å². The number of nitrogens with one attached hydrogen (secondary N) is 1. The molecular weight excluding hydrogens is 401 g/mol. The molecular formula is C15H17F3N6O3S. The highest BCUT2D eigenvalue weighted by Crippen LogP contribution is 2.28. The Bertz CT molecular complexity index is 954. The van der Waals surface area contributed by atoms with Gasteiger partial charge in [-0.25, -0.2) is 27.7 Å². The zero-order valence-corrected chi connectivity index (χ0v) is 15.5. The minimum Gasteiger partial charge on any atom is -0.348 e. The number of aromatic nitrogens is 4. The van der Waals surface area contributed by atoms with Crippen molar-refractivity contribution in [1.29, 1.82) is 0 Å². The maximum absolute atomic E-state index is 13.2. The van der Waals surface area contributed by atoms with Crippen molar-refractivity contribution in [2.75, 3.05) is 19.3 Å². The van der Waals surface area contributed by atoms with Crippen LogP contribution in [0.3, 0.4) is 0 Å². The van der Waals surface area contributed by atoms with E-state index in [0.29, 0.717) is 18.9 Å². The van der Waals surface area contributed by atoms with Gasteiger partial charge >= 0.3 is 6.18 Å². The monoisotopic (exact) mass is 418 g/mol. The third-order valence-corrected chi connectivity index (χ3v) is 5.53. The molecule has 1 fully saturated rings. The van der Waals surface area contributed by atoms with E-state index >= 15 is 0 Å². The summed E-state index contributed by atoms with van der Waals surface area (Å²) in [7, 11) is -3.32. The Morgan fingerprint density at radius 1 is 1.25 bits per heavy atom. The average molecular weight is 418 g/mol. The van der Waals surface area contributed by atoms with E-state index in [1.54, 1.807) is 0 Å². The van der Waals surface area contributed by atoms with E-state index in [0.717, 1.165) is 10.8 Å². The summed E-state index contributed by atoms with van der Waals surface area (Å²) in [5, 5.41) is 2.62. The van der Waals surface area contributed by atoms with Gasteiger partial charge in [0, 0.05) is 37.6 Å². The summed E-state index contributed by atoms with van der Waals surface area (Å²) in [5.74, 6) is -1.11. The number of amides is 1. The first-order chi connectivity index (χ1) is 13.0. The molecule has 3 rings (SSSR count). The molecule has 0 saturated carbocycles. The molecule has 28 heavy (non-hydrogen) atoms. The molecule has 1 aliphatic rings. The fourth-order valence-electron chi connectivity index (χ4n) is 2.78. The van der Waals surface area contributed by atoms with Crippen molar-refractivity contribution in [2.45, 2.75) is 25.1 Å². The van der Waals surface area contributed by atoms with E-state index in [1.165, 1.54) is 23.0 Å². The lowest BCUT2D eigenvalue weighted by atomic mass is 10.1. The molecule has 1 amide bonds. The number of piperidine rings is 1. The highest BCUT2D eigenvalue weighted by molar-refractivity contribution is 7.88. The number of hydrogen-bond donors (Lipinski definition) is 1. The van der Waals surface area contributed by atoms with Crippen molar-refractivity contribution in [3.63, 3.8) is 0 Å². The molecule has 0 aliphatic carbocycles. The van der Waals surface area contributed by atoms with E-state index in [-0.39, 0.29) is 25.1 Å². The lowest BCUT2D eigenvalue weighted by molar-refractivity contribution is -0.141. The molecule has 0 radical (unpaired) electrons. The molecule has 152 valence electrons. The summed E-state index contributed by atoms with van der Waals surface area (Å²) in [4.78, 5) is 23.5. The van der Waals surface area contributed by atoms with Gasteiger partial charge in [-0.3, -0.25) is 9.36 Å². The zero-order chi connectivity index (χ0) is 20.5. The number of rotatable bonds is 4. The summed E-state index contributed by atoms with van der Waals surface area (Å²) in [6.07, 6.45) is 0.973. The van der Waals surface area contributed by atoms with Crippen LogP contribution in [-0.4, -0.2) is 63.5 Å². The largest absolute Gasteiger partial charge is 0.433 e. The maximum atomic E-state index is 13.2. The second-order valence-corrected chi connectivity index (χ2v) is 8.30. The number of carbonyl (C=O) groups excluding carboxylic acids is 1. The highest BCUT2D eigenvalue weighted by atomic mass is 32.2. The number of nitrogens with zero attached hydrogens (tertiary/aromatic N) is 5. The van der Waals surface area contributed by atoms with Crippen molar-refractivity contribution < 1.29 is 26.4 Å².